The number of fused-ring (bicyclic) bond motifs is 1. The van der Waals surface area contributed by atoms with Crippen LogP contribution in [0.25, 0.3) is 10.9 Å². The molecule has 0 unspecified atom stereocenters. The molecule has 114 valence electrons. The van der Waals surface area contributed by atoms with E-state index in [2.05, 4.69) is 20.5 Å². The van der Waals surface area contributed by atoms with Gasteiger partial charge in [-0.1, -0.05) is 24.3 Å². The Bertz CT molecular complexity index is 902. The van der Waals surface area contributed by atoms with Crippen LogP contribution in [0.2, 0.25) is 0 Å². The first-order valence-corrected chi connectivity index (χ1v) is 6.90. The summed E-state index contributed by atoms with van der Waals surface area (Å²) in [7, 11) is 0. The van der Waals surface area contributed by atoms with Gasteiger partial charge >= 0.3 is 0 Å². The van der Waals surface area contributed by atoms with E-state index in [-0.39, 0.29) is 5.69 Å². The highest BCUT2D eigenvalue weighted by atomic mass is 16.6. The molecule has 0 aliphatic rings. The molecule has 1 N–H and O–H groups in total. The second-order valence-electron chi connectivity index (χ2n) is 4.86. The molecule has 0 amide bonds. The summed E-state index contributed by atoms with van der Waals surface area (Å²) in [6.45, 7) is 1.77. The molecule has 2 aromatic carbocycles. The van der Waals surface area contributed by atoms with Crippen molar-refractivity contribution in [3.05, 3.63) is 70.5 Å². The maximum atomic E-state index is 10.8. The van der Waals surface area contributed by atoms with Crippen LogP contribution in [0.3, 0.4) is 0 Å². The molecule has 3 aromatic rings. The molecule has 1 heterocycles. The minimum Gasteiger partial charge on any atom is -0.260 e. The Morgan fingerprint density at radius 1 is 1.17 bits per heavy atom. The molecule has 1 aromatic heterocycles. The number of hydrazone groups is 1. The van der Waals surface area contributed by atoms with E-state index in [1.54, 1.807) is 19.1 Å². The molecule has 0 saturated carbocycles. The lowest BCUT2D eigenvalue weighted by Gasteiger charge is -2.05. The largest absolute Gasteiger partial charge is 0.270 e. The van der Waals surface area contributed by atoms with E-state index in [0.29, 0.717) is 17.1 Å². The van der Waals surface area contributed by atoms with E-state index < -0.39 is 4.92 Å². The fourth-order valence-corrected chi connectivity index (χ4v) is 2.14. The lowest BCUT2D eigenvalue weighted by Crippen LogP contribution is -2.02. The van der Waals surface area contributed by atoms with Gasteiger partial charge in [0.15, 0.2) is 5.82 Å². The number of anilines is 1. The Morgan fingerprint density at radius 2 is 2.00 bits per heavy atom. The molecule has 0 saturated heterocycles. The number of aromatic nitrogens is 2. The molecule has 0 bridgehead atoms. The smallest absolute Gasteiger partial charge is 0.260 e. The summed E-state index contributed by atoms with van der Waals surface area (Å²) in [5.74, 6) is 0.584. The zero-order valence-electron chi connectivity index (χ0n) is 12.3. The third kappa shape index (κ3) is 3.13. The van der Waals surface area contributed by atoms with E-state index in [1.807, 2.05) is 24.3 Å². The van der Waals surface area contributed by atoms with Gasteiger partial charge in [0.1, 0.15) is 6.33 Å². The van der Waals surface area contributed by atoms with Crippen molar-refractivity contribution in [1.82, 2.24) is 9.97 Å². The Morgan fingerprint density at radius 3 is 2.83 bits per heavy atom. The third-order valence-electron chi connectivity index (χ3n) is 3.35. The van der Waals surface area contributed by atoms with Gasteiger partial charge in [0, 0.05) is 23.1 Å². The Kier molecular flexibility index (Phi) is 3.92. The minimum atomic E-state index is -0.428. The first-order valence-electron chi connectivity index (χ1n) is 6.90. The molecule has 0 fully saturated rings. The highest BCUT2D eigenvalue weighted by molar-refractivity contribution is 6.00. The lowest BCUT2D eigenvalue weighted by molar-refractivity contribution is -0.384. The number of benzene rings is 2. The van der Waals surface area contributed by atoms with Crippen molar-refractivity contribution in [3.8, 4) is 0 Å². The van der Waals surface area contributed by atoms with Crippen LogP contribution in [-0.4, -0.2) is 20.6 Å². The quantitative estimate of drug-likeness (QED) is 0.453. The van der Waals surface area contributed by atoms with E-state index in [9.17, 15) is 10.1 Å². The minimum absolute atomic E-state index is 0.0320. The standard InChI is InChI=1S/C16H13N5O2/c1-11(12-5-4-6-13(9-12)21(22)23)19-20-16-14-7-2-3-8-15(14)17-10-18-16/h2-10H,1H3,(H,17,18,20)/b19-11+. The molecule has 0 spiro atoms. The van der Waals surface area contributed by atoms with Crippen molar-refractivity contribution in [3.63, 3.8) is 0 Å². The van der Waals surface area contributed by atoms with Crippen molar-refractivity contribution < 1.29 is 4.92 Å². The fraction of sp³-hybridized carbons (Fsp3) is 0.0625. The van der Waals surface area contributed by atoms with Crippen LogP contribution in [0.5, 0.6) is 0 Å². The van der Waals surface area contributed by atoms with E-state index in [4.69, 9.17) is 0 Å². The summed E-state index contributed by atoms with van der Waals surface area (Å²) in [6.07, 6.45) is 1.46. The fourth-order valence-electron chi connectivity index (χ4n) is 2.14. The maximum Gasteiger partial charge on any atom is 0.270 e. The number of hydrogen-bond acceptors (Lipinski definition) is 6. The van der Waals surface area contributed by atoms with E-state index >= 15 is 0 Å². The van der Waals surface area contributed by atoms with Crippen LogP contribution in [0, 0.1) is 10.1 Å². The highest BCUT2D eigenvalue weighted by Crippen LogP contribution is 2.19. The van der Waals surface area contributed by atoms with Crippen molar-refractivity contribution in [2.24, 2.45) is 5.10 Å². The van der Waals surface area contributed by atoms with Crippen molar-refractivity contribution >= 4 is 28.1 Å². The lowest BCUT2D eigenvalue weighted by atomic mass is 10.1. The molecule has 0 atom stereocenters. The molecule has 0 radical (unpaired) electrons. The molecule has 23 heavy (non-hydrogen) atoms. The predicted molar refractivity (Wildman–Crippen MR) is 88.5 cm³/mol. The molecule has 3 rings (SSSR count). The number of nitrogens with zero attached hydrogens (tertiary/aromatic N) is 4. The van der Waals surface area contributed by atoms with E-state index in [0.717, 1.165) is 10.9 Å². The van der Waals surface area contributed by atoms with Crippen molar-refractivity contribution in [2.75, 3.05) is 5.43 Å². The third-order valence-corrected chi connectivity index (χ3v) is 3.35. The van der Waals surface area contributed by atoms with Crippen molar-refractivity contribution in [2.45, 2.75) is 6.92 Å². The highest BCUT2D eigenvalue weighted by Gasteiger charge is 2.08. The maximum absolute atomic E-state index is 10.8. The Labute approximate surface area is 131 Å². The second kappa shape index (κ2) is 6.18. The number of nitro groups is 1. The SMILES string of the molecule is C/C(=N\Nc1ncnc2ccccc12)c1cccc([N+](=O)[O-])c1. The molecule has 0 aliphatic heterocycles. The number of rotatable bonds is 4. The Hall–Kier alpha value is -3.35. The van der Waals surface area contributed by atoms with Gasteiger partial charge < -0.3 is 0 Å². The van der Waals surface area contributed by atoms with Gasteiger partial charge in [0.2, 0.25) is 0 Å². The van der Waals surface area contributed by atoms with Crippen LogP contribution in [0.1, 0.15) is 12.5 Å². The van der Waals surface area contributed by atoms with Crippen LogP contribution < -0.4 is 5.43 Å². The molecule has 0 aliphatic carbocycles. The van der Waals surface area contributed by atoms with Crippen LogP contribution in [-0.2, 0) is 0 Å². The number of nitrogens with one attached hydrogen (secondary N) is 1. The average molecular weight is 307 g/mol. The molecule has 7 nitrogen and oxygen atoms in total. The second-order valence-corrected chi connectivity index (χ2v) is 4.86. The summed E-state index contributed by atoms with van der Waals surface area (Å²) in [5, 5.41) is 16.0. The summed E-state index contributed by atoms with van der Waals surface area (Å²) < 4.78 is 0. The topological polar surface area (TPSA) is 93.3 Å². The van der Waals surface area contributed by atoms with Gasteiger partial charge in [-0.15, -0.1) is 0 Å². The van der Waals surface area contributed by atoms with Gasteiger partial charge in [-0.05, 0) is 19.1 Å². The number of para-hydroxylation sites is 1. The number of non-ortho nitro benzene ring substituents is 1. The first-order chi connectivity index (χ1) is 11.1. The monoisotopic (exact) mass is 307 g/mol. The van der Waals surface area contributed by atoms with Gasteiger partial charge in [-0.25, -0.2) is 9.97 Å². The summed E-state index contributed by atoms with van der Waals surface area (Å²) in [6, 6.07) is 13.9. The van der Waals surface area contributed by atoms with Gasteiger partial charge in [-0.2, -0.15) is 5.10 Å². The normalized spacial score (nSPS) is 11.4. The molecular weight excluding hydrogens is 294 g/mol. The Balaban J connectivity index is 1.89. The number of hydrogen-bond donors (Lipinski definition) is 1. The van der Waals surface area contributed by atoms with Crippen LogP contribution >= 0.6 is 0 Å². The van der Waals surface area contributed by atoms with Crippen molar-refractivity contribution in [1.29, 1.82) is 0 Å². The van der Waals surface area contributed by atoms with Crippen LogP contribution in [0.15, 0.2) is 60.0 Å². The van der Waals surface area contributed by atoms with E-state index in [1.165, 1.54) is 18.5 Å². The zero-order chi connectivity index (χ0) is 16.2. The molecule has 7 heteroatoms. The van der Waals surface area contributed by atoms with Gasteiger partial charge in [-0.3, -0.25) is 15.5 Å². The van der Waals surface area contributed by atoms with Gasteiger partial charge in [0.25, 0.3) is 5.69 Å². The molecular formula is C16H13N5O2. The average Bonchev–Trinajstić information content (AvgIpc) is 2.59. The van der Waals surface area contributed by atoms with Gasteiger partial charge in [0.05, 0.1) is 16.2 Å². The zero-order valence-corrected chi connectivity index (χ0v) is 12.3. The summed E-state index contributed by atoms with van der Waals surface area (Å²) >= 11 is 0. The summed E-state index contributed by atoms with van der Waals surface area (Å²) in [4.78, 5) is 18.8. The number of nitro benzene ring substituents is 1. The summed E-state index contributed by atoms with van der Waals surface area (Å²) in [5.41, 5.74) is 5.04. The first kappa shape index (κ1) is 14.6. The predicted octanol–water partition coefficient (Wildman–Crippen LogP) is 3.37. The van der Waals surface area contributed by atoms with Crippen LogP contribution in [0.4, 0.5) is 11.5 Å².